The summed E-state index contributed by atoms with van der Waals surface area (Å²) in [5.41, 5.74) is 2.07. The Bertz CT molecular complexity index is 963. The Morgan fingerprint density at radius 3 is 2.63 bits per heavy atom. The molecule has 27 heavy (non-hydrogen) atoms. The number of aryl methyl sites for hydroxylation is 1. The molecule has 0 saturated carbocycles. The highest BCUT2D eigenvalue weighted by atomic mass is 35.5. The molecule has 0 unspecified atom stereocenters. The molecule has 10 heteroatoms. The van der Waals surface area contributed by atoms with Gasteiger partial charge in [0, 0.05) is 12.1 Å². The third-order valence-corrected chi connectivity index (χ3v) is 4.32. The molecule has 0 aliphatic rings. The Balaban J connectivity index is 1.61. The van der Waals surface area contributed by atoms with Crippen molar-refractivity contribution in [3.8, 4) is 0 Å². The zero-order chi connectivity index (χ0) is 19.4. The lowest BCUT2D eigenvalue weighted by Gasteiger charge is -2.08. The van der Waals surface area contributed by atoms with E-state index < -0.39 is 4.92 Å². The molecule has 1 amide bonds. The van der Waals surface area contributed by atoms with E-state index in [9.17, 15) is 14.9 Å². The van der Waals surface area contributed by atoms with Crippen LogP contribution >= 0.6 is 11.6 Å². The van der Waals surface area contributed by atoms with Gasteiger partial charge in [-0.2, -0.15) is 10.2 Å². The van der Waals surface area contributed by atoms with E-state index in [1.54, 1.807) is 35.1 Å². The van der Waals surface area contributed by atoms with Crippen molar-refractivity contribution >= 4 is 23.2 Å². The molecule has 0 atom stereocenters. The Morgan fingerprint density at radius 2 is 2.00 bits per heavy atom. The number of halogens is 1. The summed E-state index contributed by atoms with van der Waals surface area (Å²) in [6, 6.07) is 6.96. The van der Waals surface area contributed by atoms with Gasteiger partial charge in [-0.1, -0.05) is 23.7 Å². The maximum absolute atomic E-state index is 12.3. The highest BCUT2D eigenvalue weighted by Crippen LogP contribution is 2.15. The van der Waals surface area contributed by atoms with E-state index in [2.05, 4.69) is 15.5 Å². The summed E-state index contributed by atoms with van der Waals surface area (Å²) in [6.07, 6.45) is 4.12. The van der Waals surface area contributed by atoms with Crippen LogP contribution in [0.2, 0.25) is 5.02 Å². The van der Waals surface area contributed by atoms with Crippen molar-refractivity contribution in [2.75, 3.05) is 0 Å². The van der Waals surface area contributed by atoms with Crippen LogP contribution in [0.5, 0.6) is 0 Å². The van der Waals surface area contributed by atoms with E-state index in [1.807, 2.05) is 6.92 Å². The van der Waals surface area contributed by atoms with E-state index in [0.29, 0.717) is 23.7 Å². The fourth-order valence-corrected chi connectivity index (χ4v) is 2.79. The standard InChI is InChI=1S/C17H17ClN6O3/c1-2-23-16(15(18)8-21-23)9-19-17(25)13-5-3-12(4-6-13)10-22-11-14(7-20-22)24(26)27/h3-8,11H,2,9-10H2,1H3,(H,19,25). The summed E-state index contributed by atoms with van der Waals surface area (Å²) in [7, 11) is 0. The molecule has 0 aliphatic carbocycles. The molecule has 140 valence electrons. The van der Waals surface area contributed by atoms with Gasteiger partial charge in [0.05, 0.1) is 34.9 Å². The van der Waals surface area contributed by atoms with Crippen LogP contribution in [0, 0.1) is 10.1 Å². The van der Waals surface area contributed by atoms with Gasteiger partial charge >= 0.3 is 5.69 Å². The van der Waals surface area contributed by atoms with Gasteiger partial charge < -0.3 is 5.32 Å². The minimum Gasteiger partial charge on any atom is -0.346 e. The molecule has 3 aromatic rings. The van der Waals surface area contributed by atoms with Gasteiger partial charge in [0.2, 0.25) is 0 Å². The zero-order valence-corrected chi connectivity index (χ0v) is 15.3. The van der Waals surface area contributed by atoms with E-state index in [1.165, 1.54) is 17.1 Å². The minimum atomic E-state index is -0.492. The first-order valence-corrected chi connectivity index (χ1v) is 8.60. The number of carbonyl (C=O) groups excluding carboxylic acids is 1. The minimum absolute atomic E-state index is 0.0593. The summed E-state index contributed by atoms with van der Waals surface area (Å²) in [6.45, 7) is 3.27. The SMILES string of the molecule is CCn1ncc(Cl)c1CNC(=O)c1ccc(Cn2cc([N+](=O)[O-])cn2)cc1. The van der Waals surface area contributed by atoms with Crippen LogP contribution in [0.3, 0.4) is 0 Å². The maximum atomic E-state index is 12.3. The second kappa shape index (κ2) is 8.00. The van der Waals surface area contributed by atoms with Crippen molar-refractivity contribution in [3.63, 3.8) is 0 Å². The van der Waals surface area contributed by atoms with Crippen LogP contribution in [0.15, 0.2) is 42.9 Å². The van der Waals surface area contributed by atoms with Crippen LogP contribution in [0.1, 0.15) is 28.5 Å². The average molecular weight is 389 g/mol. The average Bonchev–Trinajstić information content (AvgIpc) is 3.27. The predicted octanol–water partition coefficient (Wildman–Crippen LogP) is 2.64. The number of rotatable bonds is 7. The highest BCUT2D eigenvalue weighted by molar-refractivity contribution is 6.31. The monoisotopic (exact) mass is 388 g/mol. The summed E-state index contributed by atoms with van der Waals surface area (Å²) in [5.74, 6) is -0.226. The molecule has 0 spiro atoms. The van der Waals surface area contributed by atoms with Crippen molar-refractivity contribution < 1.29 is 9.72 Å². The smallest absolute Gasteiger partial charge is 0.307 e. The molecule has 0 saturated heterocycles. The number of carbonyl (C=O) groups is 1. The first-order chi connectivity index (χ1) is 13.0. The van der Waals surface area contributed by atoms with Crippen molar-refractivity contribution in [1.29, 1.82) is 0 Å². The second-order valence-electron chi connectivity index (χ2n) is 5.79. The summed E-state index contributed by atoms with van der Waals surface area (Å²) in [4.78, 5) is 22.5. The van der Waals surface area contributed by atoms with Crippen LogP contribution < -0.4 is 5.32 Å². The Morgan fingerprint density at radius 1 is 1.26 bits per heavy atom. The van der Waals surface area contributed by atoms with E-state index >= 15 is 0 Å². The van der Waals surface area contributed by atoms with Gasteiger partial charge in [0.15, 0.2) is 0 Å². The molecule has 3 rings (SSSR count). The van der Waals surface area contributed by atoms with E-state index in [4.69, 9.17) is 11.6 Å². The topological polar surface area (TPSA) is 108 Å². The molecule has 2 heterocycles. The van der Waals surface area contributed by atoms with Gasteiger partial charge in [-0.25, -0.2) is 0 Å². The molecule has 9 nitrogen and oxygen atoms in total. The van der Waals surface area contributed by atoms with Crippen LogP contribution in [-0.4, -0.2) is 30.4 Å². The van der Waals surface area contributed by atoms with Gasteiger partial charge in [0.25, 0.3) is 5.91 Å². The fraction of sp³-hybridized carbons (Fsp3) is 0.235. The largest absolute Gasteiger partial charge is 0.346 e. The molecule has 0 fully saturated rings. The van der Waals surface area contributed by atoms with E-state index in [-0.39, 0.29) is 18.1 Å². The quantitative estimate of drug-likeness (QED) is 0.494. The lowest BCUT2D eigenvalue weighted by molar-refractivity contribution is -0.385. The fourth-order valence-electron chi connectivity index (χ4n) is 2.58. The van der Waals surface area contributed by atoms with Crippen LogP contribution in [0.4, 0.5) is 5.69 Å². The Labute approximate surface area is 159 Å². The normalized spacial score (nSPS) is 10.7. The molecule has 0 radical (unpaired) electrons. The van der Waals surface area contributed by atoms with Gasteiger partial charge in [-0.3, -0.25) is 24.3 Å². The predicted molar refractivity (Wildman–Crippen MR) is 98.5 cm³/mol. The van der Waals surface area contributed by atoms with Crippen molar-refractivity contribution in [2.45, 2.75) is 26.6 Å². The van der Waals surface area contributed by atoms with E-state index in [0.717, 1.165) is 11.3 Å². The molecule has 1 aromatic carbocycles. The lowest BCUT2D eigenvalue weighted by Crippen LogP contribution is -2.24. The number of hydrogen-bond donors (Lipinski definition) is 1. The molecule has 0 bridgehead atoms. The number of nitrogens with one attached hydrogen (secondary N) is 1. The molecular weight excluding hydrogens is 372 g/mol. The van der Waals surface area contributed by atoms with Crippen LogP contribution in [-0.2, 0) is 19.6 Å². The summed E-state index contributed by atoms with van der Waals surface area (Å²) >= 11 is 6.09. The van der Waals surface area contributed by atoms with Gasteiger partial charge in [-0.15, -0.1) is 0 Å². The summed E-state index contributed by atoms with van der Waals surface area (Å²) < 4.78 is 3.20. The number of aromatic nitrogens is 4. The van der Waals surface area contributed by atoms with Crippen molar-refractivity contribution in [1.82, 2.24) is 24.9 Å². The number of nitrogens with zero attached hydrogens (tertiary/aromatic N) is 5. The lowest BCUT2D eigenvalue weighted by atomic mass is 10.1. The van der Waals surface area contributed by atoms with Gasteiger partial charge in [0.1, 0.15) is 12.4 Å². The number of benzene rings is 1. The second-order valence-corrected chi connectivity index (χ2v) is 6.19. The maximum Gasteiger partial charge on any atom is 0.307 e. The van der Waals surface area contributed by atoms with Crippen molar-refractivity contribution in [3.05, 3.63) is 74.8 Å². The van der Waals surface area contributed by atoms with Crippen molar-refractivity contribution in [2.24, 2.45) is 0 Å². The highest BCUT2D eigenvalue weighted by Gasteiger charge is 2.12. The zero-order valence-electron chi connectivity index (χ0n) is 14.5. The first-order valence-electron chi connectivity index (χ1n) is 8.22. The molecule has 0 aliphatic heterocycles. The molecule has 2 aromatic heterocycles. The third kappa shape index (κ3) is 4.32. The Hall–Kier alpha value is -3.20. The molecular formula is C17H17ClN6O3. The van der Waals surface area contributed by atoms with Crippen LogP contribution in [0.25, 0.3) is 0 Å². The molecule has 1 N–H and O–H groups in total. The number of nitro groups is 1. The number of amides is 1. The number of hydrogen-bond acceptors (Lipinski definition) is 5. The third-order valence-electron chi connectivity index (χ3n) is 4.00. The summed E-state index contributed by atoms with van der Waals surface area (Å²) in [5, 5.41) is 22.1. The van der Waals surface area contributed by atoms with Gasteiger partial charge in [-0.05, 0) is 24.6 Å². The Kier molecular flexibility index (Phi) is 5.51. The first kappa shape index (κ1) is 18.6.